The van der Waals surface area contributed by atoms with E-state index in [2.05, 4.69) is 11.8 Å². The van der Waals surface area contributed by atoms with E-state index in [0.717, 1.165) is 24.2 Å². The SMILES string of the molecule is Cc1ccc(O)c(C(C)N2CC(C(C)C(=O)O)C2)c1. The summed E-state index contributed by atoms with van der Waals surface area (Å²) in [7, 11) is 0. The van der Waals surface area contributed by atoms with Crippen molar-refractivity contribution >= 4 is 5.97 Å². The van der Waals surface area contributed by atoms with E-state index in [0.29, 0.717) is 5.75 Å². The number of aliphatic carboxylic acids is 1. The number of carbonyl (C=O) groups is 1. The summed E-state index contributed by atoms with van der Waals surface area (Å²) >= 11 is 0. The van der Waals surface area contributed by atoms with Gasteiger partial charge in [0.25, 0.3) is 0 Å². The molecule has 1 aliphatic heterocycles. The number of carboxylic acids is 1. The van der Waals surface area contributed by atoms with Crippen molar-refractivity contribution in [3.63, 3.8) is 0 Å². The van der Waals surface area contributed by atoms with E-state index in [1.54, 1.807) is 13.0 Å². The zero-order chi connectivity index (χ0) is 14.2. The van der Waals surface area contributed by atoms with Crippen LogP contribution in [0.4, 0.5) is 0 Å². The van der Waals surface area contributed by atoms with Crippen molar-refractivity contribution in [1.29, 1.82) is 0 Å². The Hall–Kier alpha value is -1.55. The summed E-state index contributed by atoms with van der Waals surface area (Å²) in [4.78, 5) is 13.1. The molecule has 2 N–H and O–H groups in total. The van der Waals surface area contributed by atoms with Gasteiger partial charge in [-0.25, -0.2) is 0 Å². The van der Waals surface area contributed by atoms with E-state index in [1.807, 2.05) is 19.1 Å². The number of hydrogen-bond acceptors (Lipinski definition) is 3. The smallest absolute Gasteiger partial charge is 0.306 e. The van der Waals surface area contributed by atoms with Crippen molar-refractivity contribution in [3.05, 3.63) is 29.3 Å². The number of aryl methyl sites for hydroxylation is 1. The van der Waals surface area contributed by atoms with Gasteiger partial charge in [0, 0.05) is 24.7 Å². The van der Waals surface area contributed by atoms with Crippen molar-refractivity contribution in [3.8, 4) is 5.75 Å². The highest BCUT2D eigenvalue weighted by Crippen LogP contribution is 2.35. The molecule has 4 heteroatoms. The number of phenolic OH excluding ortho intramolecular Hbond substituents is 1. The summed E-state index contributed by atoms with van der Waals surface area (Å²) in [5.41, 5.74) is 2.04. The van der Waals surface area contributed by atoms with Gasteiger partial charge in [0.1, 0.15) is 5.75 Å². The molecule has 4 nitrogen and oxygen atoms in total. The van der Waals surface area contributed by atoms with E-state index in [9.17, 15) is 9.90 Å². The Morgan fingerprint density at radius 3 is 2.58 bits per heavy atom. The van der Waals surface area contributed by atoms with Crippen molar-refractivity contribution in [2.75, 3.05) is 13.1 Å². The maximum absolute atomic E-state index is 10.9. The van der Waals surface area contributed by atoms with E-state index in [4.69, 9.17) is 5.11 Å². The number of benzene rings is 1. The van der Waals surface area contributed by atoms with Gasteiger partial charge in [-0.05, 0) is 25.8 Å². The van der Waals surface area contributed by atoms with Crippen LogP contribution in [0.5, 0.6) is 5.75 Å². The molecule has 0 amide bonds. The second kappa shape index (κ2) is 5.21. The van der Waals surface area contributed by atoms with Gasteiger partial charge < -0.3 is 10.2 Å². The monoisotopic (exact) mass is 263 g/mol. The molecule has 19 heavy (non-hydrogen) atoms. The second-order valence-electron chi connectivity index (χ2n) is 5.58. The third-order valence-corrected chi connectivity index (χ3v) is 4.22. The summed E-state index contributed by atoms with van der Waals surface area (Å²) in [6, 6.07) is 5.72. The fraction of sp³-hybridized carbons (Fsp3) is 0.533. The topological polar surface area (TPSA) is 60.8 Å². The van der Waals surface area contributed by atoms with Gasteiger partial charge in [-0.3, -0.25) is 9.69 Å². The maximum atomic E-state index is 10.9. The van der Waals surface area contributed by atoms with Gasteiger partial charge in [-0.15, -0.1) is 0 Å². The van der Waals surface area contributed by atoms with Crippen LogP contribution in [0.3, 0.4) is 0 Å². The first kappa shape index (κ1) is 13.9. The molecule has 1 aliphatic rings. The molecule has 1 aromatic rings. The van der Waals surface area contributed by atoms with E-state index >= 15 is 0 Å². The van der Waals surface area contributed by atoms with E-state index in [-0.39, 0.29) is 17.9 Å². The van der Waals surface area contributed by atoms with Crippen LogP contribution in [-0.4, -0.2) is 34.2 Å². The van der Waals surface area contributed by atoms with Crippen LogP contribution in [0.2, 0.25) is 0 Å². The Balaban J connectivity index is 2.01. The summed E-state index contributed by atoms with van der Waals surface area (Å²) in [5, 5.41) is 18.9. The third-order valence-electron chi connectivity index (χ3n) is 4.22. The lowest BCUT2D eigenvalue weighted by Gasteiger charge is -2.45. The molecule has 2 atom stereocenters. The highest BCUT2D eigenvalue weighted by molar-refractivity contribution is 5.70. The van der Waals surface area contributed by atoms with Crippen LogP contribution in [0.25, 0.3) is 0 Å². The van der Waals surface area contributed by atoms with Gasteiger partial charge in [-0.2, -0.15) is 0 Å². The largest absolute Gasteiger partial charge is 0.508 e. The molecule has 2 rings (SSSR count). The van der Waals surface area contributed by atoms with Gasteiger partial charge in [0.2, 0.25) is 0 Å². The van der Waals surface area contributed by atoms with Gasteiger partial charge in [0.15, 0.2) is 0 Å². The van der Waals surface area contributed by atoms with Gasteiger partial charge >= 0.3 is 5.97 Å². The molecule has 0 aliphatic carbocycles. The lowest BCUT2D eigenvalue weighted by molar-refractivity contribution is -0.146. The molecule has 0 spiro atoms. The van der Waals surface area contributed by atoms with Crippen molar-refractivity contribution < 1.29 is 15.0 Å². The molecule has 1 heterocycles. The van der Waals surface area contributed by atoms with Crippen LogP contribution in [0, 0.1) is 18.8 Å². The maximum Gasteiger partial charge on any atom is 0.306 e. The van der Waals surface area contributed by atoms with Crippen molar-refractivity contribution in [2.24, 2.45) is 11.8 Å². The van der Waals surface area contributed by atoms with Crippen molar-refractivity contribution in [1.82, 2.24) is 4.90 Å². The molecular formula is C15H21NO3. The quantitative estimate of drug-likeness (QED) is 0.875. The zero-order valence-corrected chi connectivity index (χ0v) is 11.6. The summed E-state index contributed by atoms with van der Waals surface area (Å²) in [6.07, 6.45) is 0. The first-order valence-corrected chi connectivity index (χ1v) is 6.66. The number of nitrogens with zero attached hydrogens (tertiary/aromatic N) is 1. The minimum absolute atomic E-state index is 0.122. The molecule has 1 fully saturated rings. The highest BCUT2D eigenvalue weighted by Gasteiger charge is 2.37. The number of phenols is 1. The number of carboxylic acid groups (broad SMARTS) is 1. The van der Waals surface area contributed by atoms with Crippen molar-refractivity contribution in [2.45, 2.75) is 26.8 Å². The number of hydrogen-bond donors (Lipinski definition) is 2. The molecule has 104 valence electrons. The van der Waals surface area contributed by atoms with Crippen LogP contribution < -0.4 is 0 Å². The van der Waals surface area contributed by atoms with Crippen LogP contribution >= 0.6 is 0 Å². The first-order valence-electron chi connectivity index (χ1n) is 6.66. The second-order valence-corrected chi connectivity index (χ2v) is 5.58. The molecule has 1 aromatic carbocycles. The summed E-state index contributed by atoms with van der Waals surface area (Å²) < 4.78 is 0. The minimum Gasteiger partial charge on any atom is -0.508 e. The lowest BCUT2D eigenvalue weighted by Crippen LogP contribution is -2.51. The molecule has 0 radical (unpaired) electrons. The van der Waals surface area contributed by atoms with Crippen LogP contribution in [0.15, 0.2) is 18.2 Å². The number of rotatable bonds is 4. The molecule has 0 aromatic heterocycles. The Kier molecular flexibility index (Phi) is 3.80. The Morgan fingerprint density at radius 2 is 2.00 bits per heavy atom. The Labute approximate surface area is 113 Å². The van der Waals surface area contributed by atoms with E-state index in [1.165, 1.54) is 0 Å². The Bertz CT molecular complexity index is 480. The number of likely N-dealkylation sites (tertiary alicyclic amines) is 1. The third kappa shape index (κ3) is 2.73. The predicted molar refractivity (Wildman–Crippen MR) is 73.1 cm³/mol. The fourth-order valence-electron chi connectivity index (χ4n) is 2.59. The lowest BCUT2D eigenvalue weighted by atomic mass is 9.85. The molecule has 1 saturated heterocycles. The molecule has 0 saturated carbocycles. The standard InChI is InChI=1S/C15H21NO3/c1-9-4-5-14(17)13(6-9)11(3)16-7-12(8-16)10(2)15(18)19/h4-6,10-12,17H,7-8H2,1-3H3,(H,18,19). The van der Waals surface area contributed by atoms with E-state index < -0.39 is 5.97 Å². The first-order chi connectivity index (χ1) is 8.90. The summed E-state index contributed by atoms with van der Waals surface area (Å²) in [6.45, 7) is 7.38. The predicted octanol–water partition coefficient (Wildman–Crippen LogP) is 2.41. The fourth-order valence-corrected chi connectivity index (χ4v) is 2.59. The minimum atomic E-state index is -0.726. The molecule has 2 unspecified atom stereocenters. The normalized spacial score (nSPS) is 19.7. The van der Waals surface area contributed by atoms with Gasteiger partial charge in [-0.1, -0.05) is 24.6 Å². The molecule has 0 bridgehead atoms. The summed E-state index contributed by atoms with van der Waals surface area (Å²) in [5.74, 6) is -0.495. The van der Waals surface area contributed by atoms with Gasteiger partial charge in [0.05, 0.1) is 5.92 Å². The Morgan fingerprint density at radius 1 is 1.37 bits per heavy atom. The highest BCUT2D eigenvalue weighted by atomic mass is 16.4. The number of aromatic hydroxyl groups is 1. The average Bonchev–Trinajstić information content (AvgIpc) is 2.29. The average molecular weight is 263 g/mol. The van der Waals surface area contributed by atoms with Crippen LogP contribution in [0.1, 0.15) is 31.0 Å². The molecular weight excluding hydrogens is 242 g/mol. The van der Waals surface area contributed by atoms with Crippen LogP contribution in [-0.2, 0) is 4.79 Å². The zero-order valence-electron chi connectivity index (χ0n) is 11.6.